The first-order valence-corrected chi connectivity index (χ1v) is 6.11. The molecule has 3 heterocycles. The summed E-state index contributed by atoms with van der Waals surface area (Å²) >= 11 is 0. The van der Waals surface area contributed by atoms with Crippen LogP contribution in [-0.4, -0.2) is 30.0 Å². The molecule has 1 atom stereocenters. The molecule has 1 saturated heterocycles. The van der Waals surface area contributed by atoms with Crippen LogP contribution in [0.4, 0.5) is 0 Å². The Balaban J connectivity index is 0.000001000. The highest BCUT2D eigenvalue weighted by molar-refractivity contribution is 5.95. The van der Waals surface area contributed by atoms with Crippen molar-refractivity contribution < 1.29 is 9.21 Å². The topological polar surface area (TPSA) is 67.2 Å². The fourth-order valence-electron chi connectivity index (χ4n) is 2.17. The Bertz CT molecular complexity index is 594. The first kappa shape index (κ1) is 16.8. The van der Waals surface area contributed by atoms with Crippen molar-refractivity contribution in [3.05, 3.63) is 29.7 Å². The van der Waals surface area contributed by atoms with E-state index in [1.165, 1.54) is 0 Å². The fourth-order valence-corrected chi connectivity index (χ4v) is 2.17. The van der Waals surface area contributed by atoms with Gasteiger partial charge < -0.3 is 15.1 Å². The number of nitrogens with zero attached hydrogens (tertiary/aromatic N) is 1. The Morgan fingerprint density at radius 3 is 2.95 bits per heavy atom. The third-order valence-electron chi connectivity index (χ3n) is 3.13. The molecule has 1 amide bonds. The minimum atomic E-state index is -0.167. The van der Waals surface area contributed by atoms with Gasteiger partial charge in [0.15, 0.2) is 11.3 Å². The highest BCUT2D eigenvalue weighted by atomic mass is 35.5. The van der Waals surface area contributed by atoms with Gasteiger partial charge in [-0.1, -0.05) is 0 Å². The van der Waals surface area contributed by atoms with E-state index < -0.39 is 0 Å². The summed E-state index contributed by atoms with van der Waals surface area (Å²) in [5.41, 5.74) is 2.29. The van der Waals surface area contributed by atoms with Crippen LogP contribution in [0.5, 0.6) is 0 Å². The molecule has 20 heavy (non-hydrogen) atoms. The molecule has 110 valence electrons. The molecule has 2 N–H and O–H groups in total. The minimum Gasteiger partial charge on any atom is -0.449 e. The highest BCUT2D eigenvalue weighted by Gasteiger charge is 2.20. The summed E-state index contributed by atoms with van der Waals surface area (Å²) < 4.78 is 5.50. The third kappa shape index (κ3) is 3.42. The number of carbonyl (C=O) groups is 1. The number of amides is 1. The highest BCUT2D eigenvalue weighted by Crippen LogP contribution is 2.18. The van der Waals surface area contributed by atoms with E-state index in [0.29, 0.717) is 11.3 Å². The second kappa shape index (κ2) is 6.92. The molecule has 2 aromatic heterocycles. The van der Waals surface area contributed by atoms with Crippen molar-refractivity contribution in [3.8, 4) is 0 Å². The van der Waals surface area contributed by atoms with Crippen LogP contribution in [0.15, 0.2) is 22.6 Å². The van der Waals surface area contributed by atoms with Gasteiger partial charge in [-0.2, -0.15) is 0 Å². The fraction of sp³-hybridized carbons (Fsp3) is 0.385. The molecule has 5 nitrogen and oxygen atoms in total. The van der Waals surface area contributed by atoms with Crippen molar-refractivity contribution >= 4 is 41.8 Å². The molecule has 0 bridgehead atoms. The predicted octanol–water partition coefficient (Wildman–Crippen LogP) is 2.07. The number of aryl methyl sites for hydroxylation is 1. The normalized spacial score (nSPS) is 17.4. The van der Waals surface area contributed by atoms with E-state index in [2.05, 4.69) is 15.6 Å². The molecule has 1 fully saturated rings. The van der Waals surface area contributed by atoms with Gasteiger partial charge in [-0.25, -0.2) is 4.98 Å². The molecular weight excluding hydrogens is 301 g/mol. The van der Waals surface area contributed by atoms with Gasteiger partial charge in [-0.3, -0.25) is 4.79 Å². The molecule has 0 aromatic carbocycles. The van der Waals surface area contributed by atoms with E-state index in [4.69, 9.17) is 4.42 Å². The number of aromatic nitrogens is 1. The Hall–Kier alpha value is -1.30. The van der Waals surface area contributed by atoms with E-state index in [1.807, 2.05) is 19.1 Å². The van der Waals surface area contributed by atoms with Crippen LogP contribution in [0.2, 0.25) is 0 Å². The van der Waals surface area contributed by atoms with Crippen molar-refractivity contribution in [2.45, 2.75) is 19.4 Å². The van der Waals surface area contributed by atoms with Gasteiger partial charge in [0.1, 0.15) is 5.52 Å². The van der Waals surface area contributed by atoms with Crippen LogP contribution >= 0.6 is 24.8 Å². The molecule has 1 unspecified atom stereocenters. The first-order valence-electron chi connectivity index (χ1n) is 6.11. The van der Waals surface area contributed by atoms with Gasteiger partial charge in [0.25, 0.3) is 5.91 Å². The average Bonchev–Trinajstić information content (AvgIpc) is 2.96. The number of pyridine rings is 1. The van der Waals surface area contributed by atoms with Gasteiger partial charge in [0.05, 0.1) is 0 Å². The van der Waals surface area contributed by atoms with Crippen molar-refractivity contribution in [2.75, 3.05) is 13.1 Å². The number of furan rings is 1. The Kier molecular flexibility index (Phi) is 5.80. The molecule has 7 heteroatoms. The lowest BCUT2D eigenvalue weighted by Crippen LogP contribution is -2.35. The number of fused-ring (bicyclic) bond motifs is 1. The van der Waals surface area contributed by atoms with E-state index >= 15 is 0 Å². The van der Waals surface area contributed by atoms with Crippen molar-refractivity contribution in [1.82, 2.24) is 15.6 Å². The van der Waals surface area contributed by atoms with E-state index in [0.717, 1.165) is 30.7 Å². The van der Waals surface area contributed by atoms with Gasteiger partial charge in [0.2, 0.25) is 0 Å². The molecule has 0 radical (unpaired) electrons. The van der Waals surface area contributed by atoms with E-state index in [-0.39, 0.29) is 36.8 Å². The van der Waals surface area contributed by atoms with Crippen LogP contribution in [0.1, 0.15) is 22.7 Å². The standard InChI is InChI=1S/C13H15N3O2.2ClH/c1-8-2-3-11-10(15-8)6-12(18-11)13(17)16-9-4-5-14-7-9;;/h2-3,6,9,14H,4-5,7H2,1H3,(H,16,17);2*1H. The smallest absolute Gasteiger partial charge is 0.287 e. The van der Waals surface area contributed by atoms with Crippen LogP contribution < -0.4 is 10.6 Å². The molecule has 0 saturated carbocycles. The lowest BCUT2D eigenvalue weighted by Gasteiger charge is -2.08. The van der Waals surface area contributed by atoms with Crippen molar-refractivity contribution in [2.24, 2.45) is 0 Å². The molecule has 2 aromatic rings. The number of carbonyl (C=O) groups excluding carboxylic acids is 1. The van der Waals surface area contributed by atoms with Crippen LogP contribution in [0.25, 0.3) is 11.1 Å². The average molecular weight is 318 g/mol. The summed E-state index contributed by atoms with van der Waals surface area (Å²) in [5.74, 6) is 0.161. The minimum absolute atomic E-state index is 0. The first-order chi connectivity index (χ1) is 8.72. The summed E-state index contributed by atoms with van der Waals surface area (Å²) in [6, 6.07) is 5.60. The lowest BCUT2D eigenvalue weighted by molar-refractivity contribution is 0.0914. The maximum Gasteiger partial charge on any atom is 0.287 e. The zero-order chi connectivity index (χ0) is 12.5. The van der Waals surface area contributed by atoms with Crippen LogP contribution in [0, 0.1) is 6.92 Å². The largest absolute Gasteiger partial charge is 0.449 e. The summed E-state index contributed by atoms with van der Waals surface area (Å²) in [5, 5.41) is 6.15. The van der Waals surface area contributed by atoms with Gasteiger partial charge >= 0.3 is 0 Å². The number of halogens is 2. The molecular formula is C13H17Cl2N3O2. The maximum absolute atomic E-state index is 12.0. The quantitative estimate of drug-likeness (QED) is 0.889. The summed E-state index contributed by atoms with van der Waals surface area (Å²) in [6.07, 6.45) is 0.962. The number of rotatable bonds is 2. The number of nitrogens with one attached hydrogen (secondary N) is 2. The van der Waals surface area contributed by atoms with Crippen LogP contribution in [-0.2, 0) is 0 Å². The zero-order valence-electron chi connectivity index (χ0n) is 11.0. The zero-order valence-corrected chi connectivity index (χ0v) is 12.6. The summed E-state index contributed by atoms with van der Waals surface area (Å²) in [6.45, 7) is 3.69. The van der Waals surface area contributed by atoms with Gasteiger partial charge in [-0.15, -0.1) is 24.8 Å². The molecule has 1 aliphatic heterocycles. The van der Waals surface area contributed by atoms with E-state index in [9.17, 15) is 4.79 Å². The predicted molar refractivity (Wildman–Crippen MR) is 82.0 cm³/mol. The SMILES string of the molecule is Cc1ccc2oc(C(=O)NC3CCNC3)cc2n1.Cl.Cl. The monoisotopic (exact) mass is 317 g/mol. The Morgan fingerprint density at radius 2 is 2.25 bits per heavy atom. The van der Waals surface area contributed by atoms with E-state index in [1.54, 1.807) is 6.07 Å². The molecule has 3 rings (SSSR count). The van der Waals surface area contributed by atoms with Crippen LogP contribution in [0.3, 0.4) is 0 Å². The molecule has 0 aliphatic carbocycles. The lowest BCUT2D eigenvalue weighted by atomic mass is 10.2. The Morgan fingerprint density at radius 1 is 1.45 bits per heavy atom. The van der Waals surface area contributed by atoms with Crippen molar-refractivity contribution in [1.29, 1.82) is 0 Å². The molecule has 1 aliphatic rings. The maximum atomic E-state index is 12.0. The third-order valence-corrected chi connectivity index (χ3v) is 3.13. The Labute approximate surface area is 129 Å². The summed E-state index contributed by atoms with van der Waals surface area (Å²) in [7, 11) is 0. The van der Waals surface area contributed by atoms with Gasteiger partial charge in [0, 0.05) is 24.3 Å². The second-order valence-corrected chi connectivity index (χ2v) is 4.61. The number of hydrogen-bond acceptors (Lipinski definition) is 4. The number of hydrogen-bond donors (Lipinski definition) is 2. The van der Waals surface area contributed by atoms with Crippen molar-refractivity contribution in [3.63, 3.8) is 0 Å². The summed E-state index contributed by atoms with van der Waals surface area (Å²) in [4.78, 5) is 16.3. The van der Waals surface area contributed by atoms with Gasteiger partial charge in [-0.05, 0) is 32.0 Å². The second-order valence-electron chi connectivity index (χ2n) is 4.61. The molecule has 0 spiro atoms.